The Bertz CT molecular complexity index is 572. The van der Waals surface area contributed by atoms with Gasteiger partial charge in [-0.3, -0.25) is 0 Å². The fourth-order valence-corrected chi connectivity index (χ4v) is 1.98. The predicted octanol–water partition coefficient (Wildman–Crippen LogP) is 3.05. The highest BCUT2D eigenvalue weighted by molar-refractivity contribution is 5.56. The average Bonchev–Trinajstić information content (AvgIpc) is 2.39. The molecule has 0 aromatic heterocycles. The smallest absolute Gasteiger partial charge is 0.124 e. The van der Waals surface area contributed by atoms with Crippen molar-refractivity contribution in [2.24, 2.45) is 0 Å². The van der Waals surface area contributed by atoms with Crippen LogP contribution in [0.2, 0.25) is 0 Å². The summed E-state index contributed by atoms with van der Waals surface area (Å²) in [7, 11) is 3.51. The molecule has 0 spiro atoms. The first-order chi connectivity index (χ1) is 9.10. The van der Waals surface area contributed by atoms with Gasteiger partial charge in [0.1, 0.15) is 11.6 Å². The Morgan fingerprint density at radius 1 is 1.21 bits per heavy atom. The van der Waals surface area contributed by atoms with Crippen LogP contribution in [0.3, 0.4) is 0 Å². The summed E-state index contributed by atoms with van der Waals surface area (Å²) < 4.78 is 18.5. The highest BCUT2D eigenvalue weighted by Crippen LogP contribution is 2.24. The fourth-order valence-electron chi connectivity index (χ4n) is 1.98. The average molecular weight is 260 g/mol. The lowest BCUT2D eigenvalue weighted by molar-refractivity contribution is 0.408. The van der Waals surface area contributed by atoms with E-state index in [1.54, 1.807) is 13.2 Å². The van der Waals surface area contributed by atoms with Crippen molar-refractivity contribution in [1.82, 2.24) is 0 Å². The molecule has 2 aromatic rings. The van der Waals surface area contributed by atoms with Crippen molar-refractivity contribution in [3.8, 4) is 5.75 Å². The van der Waals surface area contributed by atoms with E-state index in [9.17, 15) is 4.39 Å². The number of methoxy groups -OCH3 is 1. The molecule has 100 valence electrons. The van der Waals surface area contributed by atoms with Gasteiger partial charge in [0, 0.05) is 30.5 Å². The van der Waals surface area contributed by atoms with E-state index in [-0.39, 0.29) is 5.82 Å². The number of nitrogens with two attached hydrogens (primary N) is 1. The molecule has 0 radical (unpaired) electrons. The normalized spacial score (nSPS) is 10.3. The zero-order chi connectivity index (χ0) is 13.8. The summed E-state index contributed by atoms with van der Waals surface area (Å²) >= 11 is 0. The minimum atomic E-state index is -0.267. The van der Waals surface area contributed by atoms with Crippen molar-refractivity contribution < 1.29 is 9.13 Å². The van der Waals surface area contributed by atoms with Gasteiger partial charge < -0.3 is 15.4 Å². The number of hydrogen-bond donors (Lipinski definition) is 1. The summed E-state index contributed by atoms with van der Waals surface area (Å²) in [5.41, 5.74) is 8.24. The van der Waals surface area contributed by atoms with E-state index < -0.39 is 0 Å². The van der Waals surface area contributed by atoms with Gasteiger partial charge >= 0.3 is 0 Å². The largest absolute Gasteiger partial charge is 0.496 e. The van der Waals surface area contributed by atoms with E-state index in [1.807, 2.05) is 36.2 Å². The Morgan fingerprint density at radius 3 is 2.68 bits per heavy atom. The number of hydrogen-bond acceptors (Lipinski definition) is 3. The van der Waals surface area contributed by atoms with Crippen molar-refractivity contribution in [3.05, 3.63) is 53.8 Å². The van der Waals surface area contributed by atoms with Gasteiger partial charge in [-0.2, -0.15) is 0 Å². The molecule has 0 saturated carbocycles. The Morgan fingerprint density at radius 2 is 2.00 bits per heavy atom. The summed E-state index contributed by atoms with van der Waals surface area (Å²) in [6.07, 6.45) is 0. The predicted molar refractivity (Wildman–Crippen MR) is 75.9 cm³/mol. The minimum absolute atomic E-state index is 0.267. The number of benzene rings is 2. The molecule has 0 aliphatic carbocycles. The van der Waals surface area contributed by atoms with Gasteiger partial charge in [0.05, 0.1) is 7.11 Å². The van der Waals surface area contributed by atoms with E-state index in [1.165, 1.54) is 12.1 Å². The lowest BCUT2D eigenvalue weighted by Crippen LogP contribution is -2.17. The van der Waals surface area contributed by atoms with E-state index in [0.717, 1.165) is 11.3 Å². The number of anilines is 2. The maximum Gasteiger partial charge on any atom is 0.124 e. The topological polar surface area (TPSA) is 38.5 Å². The lowest BCUT2D eigenvalue weighted by atomic mass is 10.1. The lowest BCUT2D eigenvalue weighted by Gasteiger charge is -2.21. The third kappa shape index (κ3) is 3.16. The van der Waals surface area contributed by atoms with Crippen LogP contribution in [0.1, 0.15) is 5.56 Å². The van der Waals surface area contributed by atoms with E-state index in [0.29, 0.717) is 18.0 Å². The minimum Gasteiger partial charge on any atom is -0.496 e. The van der Waals surface area contributed by atoms with Gasteiger partial charge in [0.15, 0.2) is 0 Å². The molecule has 3 nitrogen and oxygen atoms in total. The second-order valence-electron chi connectivity index (χ2n) is 4.41. The van der Waals surface area contributed by atoms with Crippen LogP contribution >= 0.6 is 0 Å². The van der Waals surface area contributed by atoms with Gasteiger partial charge in [-0.15, -0.1) is 0 Å². The monoisotopic (exact) mass is 260 g/mol. The van der Waals surface area contributed by atoms with Crippen LogP contribution in [0.4, 0.5) is 15.8 Å². The number of rotatable bonds is 4. The Labute approximate surface area is 112 Å². The number of ether oxygens (including phenoxy) is 1. The molecule has 0 amide bonds. The summed E-state index contributed by atoms with van der Waals surface area (Å²) in [6.45, 7) is 0.546. The van der Waals surface area contributed by atoms with Gasteiger partial charge in [0.2, 0.25) is 0 Å². The quantitative estimate of drug-likeness (QED) is 0.859. The van der Waals surface area contributed by atoms with Crippen molar-refractivity contribution in [2.75, 3.05) is 24.8 Å². The highest BCUT2D eigenvalue weighted by Gasteiger charge is 2.08. The Balaban J connectivity index is 2.23. The molecule has 0 aliphatic rings. The summed E-state index contributed by atoms with van der Waals surface area (Å²) in [4.78, 5) is 1.99. The third-order valence-corrected chi connectivity index (χ3v) is 2.96. The maximum absolute atomic E-state index is 13.3. The molecule has 2 aromatic carbocycles. The molecular weight excluding hydrogens is 243 g/mol. The molecular formula is C15H17FN2O. The summed E-state index contributed by atoms with van der Waals surface area (Å²) in [6, 6.07) is 12.1. The molecule has 0 bridgehead atoms. The third-order valence-electron chi connectivity index (χ3n) is 2.96. The summed E-state index contributed by atoms with van der Waals surface area (Å²) in [5.74, 6) is 0.411. The first kappa shape index (κ1) is 13.2. The Kier molecular flexibility index (Phi) is 3.90. The first-order valence-corrected chi connectivity index (χ1v) is 5.99. The van der Waals surface area contributed by atoms with Crippen LogP contribution in [0.25, 0.3) is 0 Å². The molecule has 0 unspecified atom stereocenters. The molecule has 0 fully saturated rings. The maximum atomic E-state index is 13.3. The number of nitrogens with zero attached hydrogens (tertiary/aromatic N) is 1. The van der Waals surface area contributed by atoms with Crippen LogP contribution in [0, 0.1) is 5.82 Å². The molecule has 2 N–H and O–H groups in total. The van der Waals surface area contributed by atoms with Crippen LogP contribution < -0.4 is 15.4 Å². The van der Waals surface area contributed by atoms with Crippen LogP contribution in [0.5, 0.6) is 5.75 Å². The van der Waals surface area contributed by atoms with E-state index in [4.69, 9.17) is 10.5 Å². The molecule has 0 saturated heterocycles. The second kappa shape index (κ2) is 5.61. The van der Waals surface area contributed by atoms with Crippen molar-refractivity contribution in [2.45, 2.75) is 6.54 Å². The Hall–Kier alpha value is -2.23. The van der Waals surface area contributed by atoms with E-state index in [2.05, 4.69) is 0 Å². The molecule has 19 heavy (non-hydrogen) atoms. The molecule has 4 heteroatoms. The van der Waals surface area contributed by atoms with Crippen LogP contribution in [-0.2, 0) is 6.54 Å². The first-order valence-electron chi connectivity index (χ1n) is 5.99. The molecule has 2 rings (SSSR count). The zero-order valence-electron chi connectivity index (χ0n) is 11.1. The van der Waals surface area contributed by atoms with Gasteiger partial charge in [-0.25, -0.2) is 4.39 Å². The number of halogens is 1. The van der Waals surface area contributed by atoms with Crippen molar-refractivity contribution >= 4 is 11.4 Å². The molecule has 0 aliphatic heterocycles. The van der Waals surface area contributed by atoms with E-state index >= 15 is 0 Å². The SMILES string of the molecule is COc1ccc(F)cc1CN(C)c1cccc(N)c1. The fraction of sp³-hybridized carbons (Fsp3) is 0.200. The summed E-state index contributed by atoms with van der Waals surface area (Å²) in [5, 5.41) is 0. The van der Waals surface area contributed by atoms with Crippen LogP contribution in [-0.4, -0.2) is 14.2 Å². The standard InChI is InChI=1S/C15H17FN2O/c1-18(14-5-3-4-13(17)9-14)10-11-8-12(16)6-7-15(11)19-2/h3-9H,10,17H2,1-2H3. The van der Waals surface area contributed by atoms with Gasteiger partial charge in [-0.05, 0) is 36.4 Å². The molecule has 0 heterocycles. The van der Waals surface area contributed by atoms with Crippen molar-refractivity contribution in [3.63, 3.8) is 0 Å². The molecule has 0 atom stereocenters. The van der Waals surface area contributed by atoms with Crippen LogP contribution in [0.15, 0.2) is 42.5 Å². The van der Waals surface area contributed by atoms with Gasteiger partial charge in [0.25, 0.3) is 0 Å². The zero-order valence-corrected chi connectivity index (χ0v) is 11.1. The van der Waals surface area contributed by atoms with Gasteiger partial charge in [-0.1, -0.05) is 6.07 Å². The van der Waals surface area contributed by atoms with Crippen molar-refractivity contribution in [1.29, 1.82) is 0 Å². The highest BCUT2D eigenvalue weighted by atomic mass is 19.1. The number of nitrogen functional groups attached to an aromatic ring is 1. The second-order valence-corrected chi connectivity index (χ2v) is 4.41.